The van der Waals surface area contributed by atoms with Crippen LogP contribution in [0.3, 0.4) is 0 Å². The molecule has 1 unspecified atom stereocenters. The second-order valence-electron chi connectivity index (χ2n) is 5.02. The number of rotatable bonds is 7. The van der Waals surface area contributed by atoms with Crippen molar-refractivity contribution in [3.8, 4) is 10.4 Å². The fraction of sp³-hybridized carbons (Fsp3) is 0.267. The van der Waals surface area contributed by atoms with Gasteiger partial charge in [0.2, 0.25) is 0 Å². The average molecular weight is 450 g/mol. The van der Waals surface area contributed by atoms with Crippen LogP contribution in [0.1, 0.15) is 18.2 Å². The second kappa shape index (κ2) is 8.31. The van der Waals surface area contributed by atoms with Gasteiger partial charge in [-0.05, 0) is 34.5 Å². The van der Waals surface area contributed by atoms with E-state index >= 15 is 0 Å². The molecule has 3 aromatic heterocycles. The molecule has 3 rings (SSSR count). The van der Waals surface area contributed by atoms with Crippen LogP contribution in [0.4, 0.5) is 8.78 Å². The zero-order valence-corrected chi connectivity index (χ0v) is 15.8. The maximum atomic E-state index is 12.3. The Morgan fingerprint density at radius 3 is 2.76 bits per heavy atom. The third-order valence-corrected chi connectivity index (χ3v) is 5.18. The highest BCUT2D eigenvalue weighted by Crippen LogP contribution is 2.32. The molecule has 0 saturated heterocycles. The number of hydrogen-bond acceptors (Lipinski definition) is 5. The molecule has 0 amide bonds. The minimum Gasteiger partial charge on any atom is -0.323 e. The predicted molar refractivity (Wildman–Crippen MR) is 95.0 cm³/mol. The number of hydrogen-bond donors (Lipinski definition) is 0. The van der Waals surface area contributed by atoms with E-state index in [2.05, 4.69) is 35.7 Å². The molecular formula is C15H12BrClF2N4OS. The van der Waals surface area contributed by atoms with E-state index in [1.807, 2.05) is 12.1 Å². The van der Waals surface area contributed by atoms with E-state index in [-0.39, 0.29) is 12.6 Å². The highest BCUT2D eigenvalue weighted by Gasteiger charge is 2.19. The van der Waals surface area contributed by atoms with Gasteiger partial charge < -0.3 is 4.74 Å². The SMILES string of the molecule is FC(F)OCCC(c1ccc(Br)cn1)n1cc(-c2scnc2Cl)cn1. The standard InChI is InChI=1S/C15H12BrClF2N4OS/c16-10-1-2-11(20-6-10)12(3-4-24-15(18)19)23-7-9(5-22-23)13-14(17)21-8-25-13/h1-2,5-8,12,15H,3-4H2. The van der Waals surface area contributed by atoms with Gasteiger partial charge in [-0.3, -0.25) is 9.67 Å². The van der Waals surface area contributed by atoms with E-state index in [9.17, 15) is 8.78 Å². The Bertz CT molecular complexity index is 827. The van der Waals surface area contributed by atoms with Crippen LogP contribution in [0.2, 0.25) is 5.15 Å². The lowest BCUT2D eigenvalue weighted by molar-refractivity contribution is -0.130. The Morgan fingerprint density at radius 2 is 2.12 bits per heavy atom. The Hall–Kier alpha value is -1.42. The van der Waals surface area contributed by atoms with E-state index < -0.39 is 6.61 Å². The molecule has 0 N–H and O–H groups in total. The number of aromatic nitrogens is 4. The molecule has 0 spiro atoms. The summed E-state index contributed by atoms with van der Waals surface area (Å²) < 4.78 is 31.5. The first kappa shape index (κ1) is 18.4. The summed E-state index contributed by atoms with van der Waals surface area (Å²) in [4.78, 5) is 9.17. The van der Waals surface area contributed by atoms with Gasteiger partial charge in [-0.25, -0.2) is 4.98 Å². The van der Waals surface area contributed by atoms with Crippen LogP contribution in [0.5, 0.6) is 0 Å². The summed E-state index contributed by atoms with van der Waals surface area (Å²) in [6, 6.07) is 3.32. The fourth-order valence-electron chi connectivity index (χ4n) is 2.31. The zero-order chi connectivity index (χ0) is 17.8. The van der Waals surface area contributed by atoms with Crippen molar-refractivity contribution in [3.05, 3.63) is 51.6 Å². The predicted octanol–water partition coefficient (Wildman–Crippen LogP) is 5.04. The normalized spacial score (nSPS) is 12.7. The van der Waals surface area contributed by atoms with Gasteiger partial charge in [0.05, 0.1) is 34.9 Å². The van der Waals surface area contributed by atoms with Crippen molar-refractivity contribution >= 4 is 38.9 Å². The number of alkyl halides is 2. The lowest BCUT2D eigenvalue weighted by Gasteiger charge is -2.17. The van der Waals surface area contributed by atoms with Crippen molar-refractivity contribution in [2.24, 2.45) is 0 Å². The summed E-state index contributed by atoms with van der Waals surface area (Å²) in [5, 5.41) is 4.76. The molecule has 0 radical (unpaired) electrons. The van der Waals surface area contributed by atoms with E-state index in [1.165, 1.54) is 11.3 Å². The highest BCUT2D eigenvalue weighted by molar-refractivity contribution is 9.10. The molecule has 3 heterocycles. The summed E-state index contributed by atoms with van der Waals surface area (Å²) >= 11 is 10.8. The van der Waals surface area contributed by atoms with Gasteiger partial charge in [-0.15, -0.1) is 11.3 Å². The van der Waals surface area contributed by atoms with E-state index in [0.717, 1.165) is 14.9 Å². The zero-order valence-electron chi connectivity index (χ0n) is 12.7. The monoisotopic (exact) mass is 448 g/mol. The number of thiazole rings is 1. The molecule has 0 bridgehead atoms. The third kappa shape index (κ3) is 4.60. The Balaban J connectivity index is 1.87. The highest BCUT2D eigenvalue weighted by atomic mass is 79.9. The molecule has 1 atom stereocenters. The molecule has 0 aliphatic heterocycles. The minimum atomic E-state index is -2.80. The first-order valence-corrected chi connectivity index (χ1v) is 9.24. The minimum absolute atomic E-state index is 0.114. The van der Waals surface area contributed by atoms with Gasteiger partial charge in [0.15, 0.2) is 0 Å². The van der Waals surface area contributed by atoms with Gasteiger partial charge in [-0.1, -0.05) is 11.6 Å². The number of pyridine rings is 1. The molecule has 10 heteroatoms. The van der Waals surface area contributed by atoms with Crippen molar-refractivity contribution in [1.29, 1.82) is 0 Å². The van der Waals surface area contributed by atoms with Crippen LogP contribution in [0.15, 0.2) is 40.7 Å². The fourth-order valence-corrected chi connectivity index (χ4v) is 3.55. The Morgan fingerprint density at radius 1 is 1.28 bits per heavy atom. The molecule has 0 aliphatic carbocycles. The van der Waals surface area contributed by atoms with E-state index in [0.29, 0.717) is 17.3 Å². The molecule has 25 heavy (non-hydrogen) atoms. The smallest absolute Gasteiger partial charge is 0.323 e. The van der Waals surface area contributed by atoms with Crippen molar-refractivity contribution in [2.75, 3.05) is 6.61 Å². The van der Waals surface area contributed by atoms with Crippen LogP contribution < -0.4 is 0 Å². The second-order valence-corrected chi connectivity index (χ2v) is 7.15. The molecule has 5 nitrogen and oxygen atoms in total. The first-order chi connectivity index (χ1) is 12.0. The summed E-state index contributed by atoms with van der Waals surface area (Å²) in [6.45, 7) is -2.92. The first-order valence-electron chi connectivity index (χ1n) is 7.19. The summed E-state index contributed by atoms with van der Waals surface area (Å²) in [5.41, 5.74) is 3.16. The van der Waals surface area contributed by atoms with Crippen LogP contribution in [0, 0.1) is 0 Å². The van der Waals surface area contributed by atoms with Gasteiger partial charge in [0, 0.05) is 22.4 Å². The van der Waals surface area contributed by atoms with E-state index in [1.54, 1.807) is 28.8 Å². The molecule has 132 valence electrons. The quantitative estimate of drug-likeness (QED) is 0.507. The maximum Gasteiger partial charge on any atom is 0.345 e. The van der Waals surface area contributed by atoms with E-state index in [4.69, 9.17) is 11.6 Å². The van der Waals surface area contributed by atoms with Crippen LogP contribution in [-0.2, 0) is 4.74 Å². The molecule has 3 aromatic rings. The molecule has 0 saturated carbocycles. The van der Waals surface area contributed by atoms with Crippen molar-refractivity contribution < 1.29 is 13.5 Å². The van der Waals surface area contributed by atoms with Crippen LogP contribution >= 0.6 is 38.9 Å². The van der Waals surface area contributed by atoms with Gasteiger partial charge in [-0.2, -0.15) is 13.9 Å². The number of halogens is 4. The lowest BCUT2D eigenvalue weighted by Crippen LogP contribution is -2.16. The molecule has 0 aliphatic rings. The third-order valence-electron chi connectivity index (χ3n) is 3.43. The van der Waals surface area contributed by atoms with Crippen LogP contribution in [0.25, 0.3) is 10.4 Å². The number of nitrogens with zero attached hydrogens (tertiary/aromatic N) is 4. The Labute approximate surface area is 159 Å². The molecular weight excluding hydrogens is 438 g/mol. The Kier molecular flexibility index (Phi) is 6.10. The average Bonchev–Trinajstić information content (AvgIpc) is 3.21. The molecule has 0 fully saturated rings. The van der Waals surface area contributed by atoms with Crippen molar-refractivity contribution in [3.63, 3.8) is 0 Å². The van der Waals surface area contributed by atoms with Gasteiger partial charge in [0.25, 0.3) is 0 Å². The summed E-state index contributed by atoms with van der Waals surface area (Å²) in [6.07, 6.45) is 5.42. The number of ether oxygens (including phenoxy) is 1. The largest absolute Gasteiger partial charge is 0.345 e. The summed E-state index contributed by atoms with van der Waals surface area (Å²) in [5.74, 6) is 0. The topological polar surface area (TPSA) is 52.8 Å². The van der Waals surface area contributed by atoms with Crippen molar-refractivity contribution in [2.45, 2.75) is 19.1 Å². The van der Waals surface area contributed by atoms with Crippen LogP contribution in [-0.4, -0.2) is 33.0 Å². The molecule has 0 aromatic carbocycles. The van der Waals surface area contributed by atoms with Gasteiger partial charge in [0.1, 0.15) is 5.15 Å². The van der Waals surface area contributed by atoms with Crippen molar-refractivity contribution in [1.82, 2.24) is 19.7 Å². The lowest BCUT2D eigenvalue weighted by atomic mass is 10.1. The maximum absolute atomic E-state index is 12.3. The summed E-state index contributed by atoms with van der Waals surface area (Å²) in [7, 11) is 0. The van der Waals surface area contributed by atoms with Gasteiger partial charge >= 0.3 is 6.61 Å².